The molecule has 1 aromatic carbocycles. The minimum Gasteiger partial charge on any atom is -0.369 e. The second-order valence-corrected chi connectivity index (χ2v) is 9.24. The van der Waals surface area contributed by atoms with Crippen molar-refractivity contribution in [2.45, 2.75) is 37.8 Å². The van der Waals surface area contributed by atoms with Crippen LogP contribution in [-0.2, 0) is 15.1 Å². The number of guanidine groups is 1. The molecule has 3 heterocycles. The Morgan fingerprint density at radius 2 is 2.06 bits per heavy atom. The van der Waals surface area contributed by atoms with Crippen molar-refractivity contribution in [3.8, 4) is 11.1 Å². The zero-order chi connectivity index (χ0) is 23.3. The van der Waals surface area contributed by atoms with Gasteiger partial charge in [-0.2, -0.15) is 4.39 Å². The van der Waals surface area contributed by atoms with Crippen molar-refractivity contribution in [2.75, 3.05) is 20.1 Å². The Hall–Kier alpha value is -3.13. The molecule has 7 nitrogen and oxygen atoms in total. The lowest BCUT2D eigenvalue weighted by Crippen LogP contribution is -2.45. The Bertz CT molecular complexity index is 1150. The Labute approximate surface area is 192 Å². The molecule has 1 saturated heterocycles. The number of halogens is 1. The van der Waals surface area contributed by atoms with E-state index in [1.165, 1.54) is 11.1 Å². The van der Waals surface area contributed by atoms with Crippen LogP contribution in [0.3, 0.4) is 0 Å². The smallest absolute Gasteiger partial charge is 0.262 e. The number of amides is 1. The second-order valence-electron chi connectivity index (χ2n) is 9.24. The Morgan fingerprint density at radius 3 is 2.70 bits per heavy atom. The number of aliphatic imine (C=N–C) groups is 1. The maximum absolute atomic E-state index is 14.4. The average Bonchev–Trinajstić information content (AvgIpc) is 3.55. The van der Waals surface area contributed by atoms with E-state index in [0.717, 1.165) is 19.4 Å². The lowest BCUT2D eigenvalue weighted by Gasteiger charge is -2.32. The van der Waals surface area contributed by atoms with Crippen molar-refractivity contribution >= 4 is 17.6 Å². The third-order valence-electron chi connectivity index (χ3n) is 7.35. The van der Waals surface area contributed by atoms with Gasteiger partial charge in [0.15, 0.2) is 17.3 Å². The Balaban J connectivity index is 1.60. The first-order valence-electron chi connectivity index (χ1n) is 11.5. The molecule has 2 fully saturated rings. The fraction of sp³-hybridized carbons (Fsp3) is 0.440. The molecule has 2 aromatic rings. The molecule has 0 spiro atoms. The summed E-state index contributed by atoms with van der Waals surface area (Å²) in [6, 6.07) is 10.4. The van der Waals surface area contributed by atoms with Crippen molar-refractivity contribution < 1.29 is 14.0 Å². The van der Waals surface area contributed by atoms with Gasteiger partial charge in [0.25, 0.3) is 5.91 Å². The van der Waals surface area contributed by atoms with Gasteiger partial charge in [-0.3, -0.25) is 19.4 Å². The van der Waals surface area contributed by atoms with E-state index in [1.807, 2.05) is 13.0 Å². The van der Waals surface area contributed by atoms with Gasteiger partial charge in [0.2, 0.25) is 5.95 Å². The topological polar surface area (TPSA) is 91.9 Å². The normalized spacial score (nSPS) is 27.8. The van der Waals surface area contributed by atoms with Crippen LogP contribution in [0.25, 0.3) is 11.1 Å². The number of carbonyl (C=O) groups excluding carboxylic acids is 2. The number of rotatable bonds is 6. The highest BCUT2D eigenvalue weighted by Crippen LogP contribution is 2.47. The molecule has 3 atom stereocenters. The van der Waals surface area contributed by atoms with E-state index in [0.29, 0.717) is 29.7 Å². The van der Waals surface area contributed by atoms with Crippen molar-refractivity contribution in [1.29, 1.82) is 0 Å². The molecule has 33 heavy (non-hydrogen) atoms. The average molecular weight is 450 g/mol. The second kappa shape index (κ2) is 8.02. The van der Waals surface area contributed by atoms with Crippen LogP contribution in [-0.4, -0.2) is 58.6 Å². The molecule has 2 N–H and O–H groups in total. The number of likely N-dealkylation sites (tertiary alicyclic amines) is 1. The van der Waals surface area contributed by atoms with Gasteiger partial charge in [-0.1, -0.05) is 25.1 Å². The monoisotopic (exact) mass is 449 g/mol. The van der Waals surface area contributed by atoms with E-state index in [-0.39, 0.29) is 35.5 Å². The third-order valence-corrected chi connectivity index (χ3v) is 7.35. The minimum atomic E-state index is -1.25. The van der Waals surface area contributed by atoms with E-state index >= 15 is 0 Å². The van der Waals surface area contributed by atoms with E-state index in [1.54, 1.807) is 37.4 Å². The largest absolute Gasteiger partial charge is 0.369 e. The summed E-state index contributed by atoms with van der Waals surface area (Å²) < 4.78 is 14.4. The number of carbonyl (C=O) groups is 2. The molecule has 5 rings (SSSR count). The summed E-state index contributed by atoms with van der Waals surface area (Å²) in [5, 5.41) is 0. The Kier molecular flexibility index (Phi) is 5.28. The summed E-state index contributed by atoms with van der Waals surface area (Å²) in [6.45, 7) is 3.33. The fourth-order valence-corrected chi connectivity index (χ4v) is 5.37. The molecule has 1 aliphatic carbocycles. The predicted octanol–water partition coefficient (Wildman–Crippen LogP) is 2.56. The van der Waals surface area contributed by atoms with Crippen molar-refractivity contribution in [2.24, 2.45) is 22.6 Å². The molecule has 3 aliphatic rings. The van der Waals surface area contributed by atoms with Crippen LogP contribution in [0.2, 0.25) is 0 Å². The highest BCUT2D eigenvalue weighted by atomic mass is 19.1. The maximum Gasteiger partial charge on any atom is 0.262 e. The number of ketones is 1. The highest BCUT2D eigenvalue weighted by Gasteiger charge is 2.57. The van der Waals surface area contributed by atoms with Crippen LogP contribution in [0.5, 0.6) is 0 Å². The lowest BCUT2D eigenvalue weighted by molar-refractivity contribution is -0.132. The summed E-state index contributed by atoms with van der Waals surface area (Å²) >= 11 is 0. The molecule has 2 aliphatic heterocycles. The molecule has 1 amide bonds. The van der Waals surface area contributed by atoms with E-state index in [2.05, 4.69) is 9.88 Å². The van der Waals surface area contributed by atoms with E-state index in [9.17, 15) is 14.0 Å². The molecule has 8 heteroatoms. The zero-order valence-electron chi connectivity index (χ0n) is 18.9. The summed E-state index contributed by atoms with van der Waals surface area (Å²) in [6.07, 6.45) is 3.85. The molecule has 0 bridgehead atoms. The van der Waals surface area contributed by atoms with Gasteiger partial charge in [-0.15, -0.1) is 0 Å². The first kappa shape index (κ1) is 21.7. The van der Waals surface area contributed by atoms with Gasteiger partial charge in [-0.05, 0) is 55.1 Å². The zero-order valence-corrected chi connectivity index (χ0v) is 18.9. The molecule has 2 unspecified atom stereocenters. The number of likely N-dealkylation sites (N-methyl/N-ethyl adjacent to an activating group) is 2. The van der Waals surface area contributed by atoms with Gasteiger partial charge in [0.05, 0.1) is 6.04 Å². The quantitative estimate of drug-likeness (QED) is 0.685. The van der Waals surface area contributed by atoms with Crippen LogP contribution in [0.4, 0.5) is 4.39 Å². The first-order chi connectivity index (χ1) is 15.9. The number of aromatic nitrogens is 1. The SMILES string of the molecule is CCN1CC([C@]2(c3cccc(-c4cccnc4F)c3)N=C(N)N(C)C2=O)CC1C(=O)C1CC1. The minimum absolute atomic E-state index is 0.145. The van der Waals surface area contributed by atoms with Crippen LogP contribution >= 0.6 is 0 Å². The number of benzene rings is 1. The molecule has 1 aromatic heterocycles. The molecular weight excluding hydrogens is 421 g/mol. The molecule has 0 radical (unpaired) electrons. The van der Waals surface area contributed by atoms with Gasteiger partial charge >= 0.3 is 0 Å². The Morgan fingerprint density at radius 1 is 1.27 bits per heavy atom. The standard InChI is InChI=1S/C25H28FN5O2/c1-3-31-14-18(13-20(31)21(32)15-9-10-15)25(23(33)30(2)24(27)29-25)17-7-4-6-16(12-17)19-8-5-11-28-22(19)26/h4-8,11-12,15,18,20H,3,9-10,13-14H2,1-2H3,(H2,27,29)/t18?,20?,25-/m0/s1. The van der Waals surface area contributed by atoms with Crippen LogP contribution in [0.15, 0.2) is 47.6 Å². The van der Waals surface area contributed by atoms with E-state index < -0.39 is 11.5 Å². The predicted molar refractivity (Wildman–Crippen MR) is 123 cm³/mol. The molecule has 1 saturated carbocycles. The maximum atomic E-state index is 14.4. The van der Waals surface area contributed by atoms with Crippen molar-refractivity contribution in [3.63, 3.8) is 0 Å². The van der Waals surface area contributed by atoms with Gasteiger partial charge in [0, 0.05) is 37.2 Å². The number of nitrogens with zero attached hydrogens (tertiary/aromatic N) is 4. The van der Waals surface area contributed by atoms with Crippen LogP contribution in [0.1, 0.15) is 31.7 Å². The molecular formula is C25H28FN5O2. The van der Waals surface area contributed by atoms with E-state index in [4.69, 9.17) is 10.7 Å². The summed E-state index contributed by atoms with van der Waals surface area (Å²) in [7, 11) is 1.62. The first-order valence-corrected chi connectivity index (χ1v) is 11.5. The number of hydrogen-bond donors (Lipinski definition) is 1. The van der Waals surface area contributed by atoms with Gasteiger partial charge in [0.1, 0.15) is 0 Å². The van der Waals surface area contributed by atoms with Crippen LogP contribution < -0.4 is 5.73 Å². The van der Waals surface area contributed by atoms with Gasteiger partial charge in [-0.25, -0.2) is 9.98 Å². The fourth-order valence-electron chi connectivity index (χ4n) is 5.37. The summed E-state index contributed by atoms with van der Waals surface area (Å²) in [5.41, 5.74) is 6.52. The van der Waals surface area contributed by atoms with Crippen molar-refractivity contribution in [3.05, 3.63) is 54.1 Å². The number of pyridine rings is 1. The summed E-state index contributed by atoms with van der Waals surface area (Å²) in [4.78, 5) is 38.8. The lowest BCUT2D eigenvalue weighted by atomic mass is 9.75. The number of Topliss-reactive ketones (excluding diaryl/α,β-unsaturated/α-hetero) is 1. The van der Waals surface area contributed by atoms with Crippen molar-refractivity contribution in [1.82, 2.24) is 14.8 Å². The number of hydrogen-bond acceptors (Lipinski definition) is 6. The summed E-state index contributed by atoms with van der Waals surface area (Å²) in [5.74, 6) is -0.449. The third kappa shape index (κ3) is 3.44. The van der Waals surface area contributed by atoms with Crippen LogP contribution in [0, 0.1) is 17.8 Å². The highest BCUT2D eigenvalue weighted by molar-refractivity contribution is 6.07. The molecule has 172 valence electrons. The number of nitrogens with two attached hydrogens (primary N) is 1. The van der Waals surface area contributed by atoms with Gasteiger partial charge < -0.3 is 5.73 Å².